The van der Waals surface area contributed by atoms with E-state index in [-0.39, 0.29) is 0 Å². The first kappa shape index (κ1) is 35.0. The van der Waals surface area contributed by atoms with E-state index in [1.54, 1.807) is 0 Å². The normalized spacial score (nSPS) is 11.3. The quantitative estimate of drug-likeness (QED) is 0.144. The Morgan fingerprint density at radius 2 is 0.633 bits per heavy atom. The van der Waals surface area contributed by atoms with Crippen LogP contribution in [-0.2, 0) is 0 Å². The third kappa shape index (κ3) is 6.06. The first-order valence-corrected chi connectivity index (χ1v) is 20.0. The molecular formula is C54H36N6. The predicted octanol–water partition coefficient (Wildman–Crippen LogP) is 14.2. The summed E-state index contributed by atoms with van der Waals surface area (Å²) in [6.07, 6.45) is 14.9. The largest absolute Gasteiger partial charge is 0.307 e. The molecule has 0 amide bonds. The summed E-state index contributed by atoms with van der Waals surface area (Å²) in [4.78, 5) is 22.6. The molecule has 11 rings (SSSR count). The van der Waals surface area contributed by atoms with E-state index in [0.717, 1.165) is 55.7 Å². The molecule has 0 spiro atoms. The molecule has 0 N–H and O–H groups in total. The second-order valence-electron chi connectivity index (χ2n) is 14.8. The molecule has 7 aromatic carbocycles. The molecule has 0 radical (unpaired) electrons. The zero-order chi connectivity index (χ0) is 39.8. The van der Waals surface area contributed by atoms with Crippen molar-refractivity contribution in [1.82, 2.24) is 19.9 Å². The Kier molecular flexibility index (Phi) is 8.71. The summed E-state index contributed by atoms with van der Waals surface area (Å²) in [5, 5.41) is 9.34. The molecule has 60 heavy (non-hydrogen) atoms. The number of anilines is 6. The number of nitrogens with zero attached hydrogens (tertiary/aromatic N) is 6. The second kappa shape index (κ2) is 14.9. The van der Waals surface area contributed by atoms with E-state index < -0.39 is 0 Å². The number of hydrogen-bond donors (Lipinski definition) is 0. The molecule has 0 bridgehead atoms. The van der Waals surface area contributed by atoms with Gasteiger partial charge in [0.15, 0.2) is 0 Å². The van der Waals surface area contributed by atoms with Crippen LogP contribution < -0.4 is 9.80 Å². The third-order valence-corrected chi connectivity index (χ3v) is 11.3. The lowest BCUT2D eigenvalue weighted by Crippen LogP contribution is -2.11. The minimum absolute atomic E-state index is 0.946. The topological polar surface area (TPSA) is 58.0 Å². The Morgan fingerprint density at radius 1 is 0.267 bits per heavy atom. The Bertz CT molecular complexity index is 3010. The first-order valence-electron chi connectivity index (χ1n) is 20.0. The van der Waals surface area contributed by atoms with Crippen LogP contribution >= 0.6 is 0 Å². The van der Waals surface area contributed by atoms with Crippen LogP contribution in [0, 0.1) is 0 Å². The minimum Gasteiger partial charge on any atom is -0.307 e. The summed E-state index contributed by atoms with van der Waals surface area (Å²) in [7, 11) is 0. The van der Waals surface area contributed by atoms with Crippen LogP contribution in [0.1, 0.15) is 0 Å². The summed E-state index contributed by atoms with van der Waals surface area (Å²) in [6, 6.07) is 60.7. The maximum Gasteiger partial charge on any atom is 0.0645 e. The van der Waals surface area contributed by atoms with Gasteiger partial charge in [0, 0.05) is 36.2 Å². The minimum atomic E-state index is 0.946. The Balaban J connectivity index is 1.30. The fraction of sp³-hybridized carbons (Fsp3) is 0. The van der Waals surface area contributed by atoms with Crippen LogP contribution in [0.3, 0.4) is 0 Å². The van der Waals surface area contributed by atoms with Crippen molar-refractivity contribution >= 4 is 77.2 Å². The van der Waals surface area contributed by atoms with E-state index in [9.17, 15) is 0 Å². The molecule has 11 aromatic rings. The average Bonchev–Trinajstić information content (AvgIpc) is 3.32. The third-order valence-electron chi connectivity index (χ3n) is 11.3. The number of fused-ring (bicyclic) bond motifs is 4. The number of pyridine rings is 4. The molecule has 282 valence electrons. The highest BCUT2D eigenvalue weighted by molar-refractivity contribution is 6.26. The average molecular weight is 769 g/mol. The molecular weight excluding hydrogens is 733 g/mol. The molecule has 0 saturated heterocycles. The van der Waals surface area contributed by atoms with Crippen molar-refractivity contribution in [2.75, 3.05) is 9.80 Å². The smallest absolute Gasteiger partial charge is 0.0645 e. The maximum atomic E-state index is 4.53. The summed E-state index contributed by atoms with van der Waals surface area (Å²) < 4.78 is 0. The lowest BCUT2D eigenvalue weighted by atomic mass is 9.83. The highest BCUT2D eigenvalue weighted by Crippen LogP contribution is 2.50. The molecule has 4 heterocycles. The van der Waals surface area contributed by atoms with Crippen molar-refractivity contribution in [1.29, 1.82) is 0 Å². The van der Waals surface area contributed by atoms with E-state index in [2.05, 4.69) is 175 Å². The molecule has 0 fully saturated rings. The van der Waals surface area contributed by atoms with Crippen molar-refractivity contribution in [3.8, 4) is 22.3 Å². The molecule has 6 heteroatoms. The zero-order valence-corrected chi connectivity index (χ0v) is 32.5. The highest BCUT2D eigenvalue weighted by Gasteiger charge is 2.23. The molecule has 0 atom stereocenters. The van der Waals surface area contributed by atoms with Crippen LogP contribution in [-0.4, -0.2) is 19.9 Å². The van der Waals surface area contributed by atoms with Crippen molar-refractivity contribution in [3.05, 3.63) is 219 Å². The lowest BCUT2D eigenvalue weighted by Gasteiger charge is -2.27. The van der Waals surface area contributed by atoms with Gasteiger partial charge in [0.25, 0.3) is 0 Å². The van der Waals surface area contributed by atoms with Crippen LogP contribution in [0.25, 0.3) is 65.3 Å². The van der Waals surface area contributed by atoms with E-state index in [4.69, 9.17) is 0 Å². The number of aromatic nitrogens is 4. The summed E-state index contributed by atoms with van der Waals surface area (Å²) in [5.41, 5.74) is 10.5. The fourth-order valence-electron chi connectivity index (χ4n) is 8.79. The summed E-state index contributed by atoms with van der Waals surface area (Å²) in [5.74, 6) is 0. The summed E-state index contributed by atoms with van der Waals surface area (Å²) in [6.45, 7) is 0. The van der Waals surface area contributed by atoms with Gasteiger partial charge in [0.05, 0.1) is 47.5 Å². The highest BCUT2D eigenvalue weighted by atomic mass is 15.2. The van der Waals surface area contributed by atoms with Gasteiger partial charge < -0.3 is 9.80 Å². The monoisotopic (exact) mass is 768 g/mol. The van der Waals surface area contributed by atoms with E-state index in [0.29, 0.717) is 0 Å². The van der Waals surface area contributed by atoms with Gasteiger partial charge >= 0.3 is 0 Å². The van der Waals surface area contributed by atoms with Crippen molar-refractivity contribution in [2.24, 2.45) is 0 Å². The molecule has 0 saturated carbocycles. The van der Waals surface area contributed by atoms with Crippen LogP contribution in [0.4, 0.5) is 34.1 Å². The van der Waals surface area contributed by atoms with E-state index in [1.807, 2.05) is 73.8 Å². The molecule has 0 aliphatic rings. The standard InChI is InChI=1S/C54H36N6/c1-3-19-45-37(11-1)13-5-21-47(45)53-49-25-23-40(60(43-17-9-29-57-35-43)44-18-10-30-58-36-44)32-52(49)54(48-22-6-14-38-12-2-4-20-46(38)48)50-26-24-39(31-51(50)53)59(41-15-7-27-55-33-41)42-16-8-28-56-34-42/h1-36H. The predicted molar refractivity (Wildman–Crippen MR) is 248 cm³/mol. The number of benzene rings is 7. The van der Waals surface area contributed by atoms with Gasteiger partial charge in [-0.15, -0.1) is 0 Å². The Morgan fingerprint density at radius 3 is 1.00 bits per heavy atom. The van der Waals surface area contributed by atoms with Gasteiger partial charge in [-0.25, -0.2) is 0 Å². The van der Waals surface area contributed by atoms with E-state index >= 15 is 0 Å². The molecule has 0 unspecified atom stereocenters. The van der Waals surface area contributed by atoms with Gasteiger partial charge in [-0.05, 0) is 138 Å². The van der Waals surface area contributed by atoms with Crippen molar-refractivity contribution in [3.63, 3.8) is 0 Å². The Hall–Kier alpha value is -8.22. The van der Waals surface area contributed by atoms with Gasteiger partial charge in [0.1, 0.15) is 0 Å². The summed E-state index contributed by atoms with van der Waals surface area (Å²) >= 11 is 0. The Labute approximate surface area is 347 Å². The van der Waals surface area contributed by atoms with Crippen LogP contribution in [0.15, 0.2) is 219 Å². The van der Waals surface area contributed by atoms with Gasteiger partial charge in [0.2, 0.25) is 0 Å². The van der Waals surface area contributed by atoms with Gasteiger partial charge in [-0.3, -0.25) is 19.9 Å². The number of hydrogen-bond acceptors (Lipinski definition) is 6. The molecule has 0 aliphatic carbocycles. The molecule has 4 aromatic heterocycles. The van der Waals surface area contributed by atoms with Gasteiger partial charge in [-0.2, -0.15) is 0 Å². The zero-order valence-electron chi connectivity index (χ0n) is 32.5. The first-order chi connectivity index (χ1) is 29.8. The van der Waals surface area contributed by atoms with Crippen LogP contribution in [0.2, 0.25) is 0 Å². The lowest BCUT2D eigenvalue weighted by molar-refractivity contribution is 1.20. The SMILES string of the molecule is c1cncc(N(c2cccnc2)c2ccc3c(-c4cccc5ccccc45)c4cc(N(c5cccnc5)c5cccnc5)ccc4c(-c4cccc5ccccc45)c3c2)c1. The molecule has 6 nitrogen and oxygen atoms in total. The fourth-order valence-corrected chi connectivity index (χ4v) is 8.79. The number of rotatable bonds is 8. The van der Waals surface area contributed by atoms with E-state index in [1.165, 1.54) is 43.8 Å². The van der Waals surface area contributed by atoms with Crippen LogP contribution in [0.5, 0.6) is 0 Å². The second-order valence-corrected chi connectivity index (χ2v) is 14.8. The van der Waals surface area contributed by atoms with Gasteiger partial charge in [-0.1, -0.05) is 97.1 Å². The maximum absolute atomic E-state index is 4.53. The van der Waals surface area contributed by atoms with Crippen molar-refractivity contribution < 1.29 is 0 Å². The van der Waals surface area contributed by atoms with Crippen molar-refractivity contribution in [2.45, 2.75) is 0 Å². The molecule has 0 aliphatic heterocycles.